The normalized spacial score (nSPS) is 12.6. The molecule has 8 aromatic rings. The van der Waals surface area contributed by atoms with Crippen molar-refractivity contribution in [3.63, 3.8) is 0 Å². The van der Waals surface area contributed by atoms with Gasteiger partial charge in [0.15, 0.2) is 5.69 Å². The average Bonchev–Trinajstić information content (AvgIpc) is 3.90. The van der Waals surface area contributed by atoms with Crippen LogP contribution in [0.3, 0.4) is 0 Å². The van der Waals surface area contributed by atoms with E-state index in [0.717, 1.165) is 55.8 Å². The molecule has 0 unspecified atom stereocenters. The van der Waals surface area contributed by atoms with Crippen molar-refractivity contribution in [1.82, 2.24) is 29.8 Å². The van der Waals surface area contributed by atoms with Gasteiger partial charge < -0.3 is 4.74 Å². The first-order valence-corrected chi connectivity index (χ1v) is 27.7. The summed E-state index contributed by atoms with van der Waals surface area (Å²) in [6.07, 6.45) is -1.48. The monoisotopic (exact) mass is 850 g/mol. The van der Waals surface area contributed by atoms with Gasteiger partial charge in [0.05, 0.1) is 10.8 Å². The lowest BCUT2D eigenvalue weighted by Crippen LogP contribution is -2.44. The van der Waals surface area contributed by atoms with Gasteiger partial charge in [0.2, 0.25) is 0 Å². The third-order valence-electron chi connectivity index (χ3n) is 11.1. The van der Waals surface area contributed by atoms with Gasteiger partial charge in [-0.15, -0.1) is 5.10 Å². The summed E-state index contributed by atoms with van der Waals surface area (Å²) < 4.78 is 55.4. The van der Waals surface area contributed by atoms with Gasteiger partial charge in [0.1, 0.15) is 26.0 Å². The number of nitrogens with zero attached hydrogens (tertiary/aromatic N) is 6. The van der Waals surface area contributed by atoms with E-state index in [2.05, 4.69) is 59.7 Å². The van der Waals surface area contributed by atoms with E-state index >= 15 is 13.2 Å². The first kappa shape index (κ1) is 41.8. The van der Waals surface area contributed by atoms with Crippen LogP contribution in [0.15, 0.2) is 152 Å². The molecule has 0 aliphatic carbocycles. The molecule has 0 fully saturated rings. The Morgan fingerprint density at radius 1 is 0.639 bits per heavy atom. The van der Waals surface area contributed by atoms with Crippen LogP contribution in [0, 0.1) is 0 Å². The van der Waals surface area contributed by atoms with Crippen molar-refractivity contribution >= 4 is 32.4 Å². The van der Waals surface area contributed by atoms with E-state index in [1.54, 1.807) is 30.6 Å². The quantitative estimate of drug-likeness (QED) is 0.0656. The molecule has 0 bridgehead atoms. The van der Waals surface area contributed by atoms with Gasteiger partial charge in [0, 0.05) is 43.6 Å². The summed E-state index contributed by atoms with van der Waals surface area (Å²) in [7, 11) is -3.15. The number of pyridine rings is 1. The highest BCUT2D eigenvalue weighted by atomic mass is 28.3. The molecule has 0 saturated carbocycles. The maximum atomic E-state index is 15.3. The van der Waals surface area contributed by atoms with E-state index in [0.29, 0.717) is 24.4 Å². The second-order valence-corrected chi connectivity index (χ2v) is 28.3. The molecule has 0 amide bonds. The van der Waals surface area contributed by atoms with Crippen molar-refractivity contribution in [2.24, 2.45) is 0 Å². The summed E-state index contributed by atoms with van der Waals surface area (Å²) in [6, 6.07) is 45.1. The minimum absolute atomic E-state index is 0.0295. The number of halogens is 3. The van der Waals surface area contributed by atoms with Crippen molar-refractivity contribution < 1.29 is 17.9 Å². The van der Waals surface area contributed by atoms with Crippen molar-refractivity contribution in [1.29, 1.82) is 0 Å². The zero-order chi connectivity index (χ0) is 43.0. The molecule has 0 aliphatic heterocycles. The third kappa shape index (κ3) is 8.40. The third-order valence-corrected chi connectivity index (χ3v) is 14.7. The SMILES string of the molecule is C[Si](C)(C)CCOCn1nnc(-c2ccc(-c3ccnc4ccc(-c5cn(C(c6ccccc6)(c6ccccc6)c6ccccc6)nc5C(F)(F)F)cc34)cc2)c1[Si](C)(C)C. The fourth-order valence-electron chi connectivity index (χ4n) is 8.14. The van der Waals surface area contributed by atoms with Gasteiger partial charge in [-0.25, -0.2) is 4.68 Å². The molecule has 12 heteroatoms. The molecule has 0 atom stereocenters. The van der Waals surface area contributed by atoms with Crippen molar-refractivity contribution in [3.05, 3.63) is 174 Å². The van der Waals surface area contributed by atoms with E-state index in [1.165, 1.54) is 4.68 Å². The Morgan fingerprint density at radius 3 is 1.74 bits per heavy atom. The van der Waals surface area contributed by atoms with Crippen LogP contribution in [0.25, 0.3) is 44.4 Å². The second kappa shape index (κ2) is 16.5. The molecule has 3 heterocycles. The van der Waals surface area contributed by atoms with Crippen molar-refractivity contribution in [2.45, 2.75) is 63.8 Å². The van der Waals surface area contributed by atoms with E-state index < -0.39 is 33.6 Å². The van der Waals surface area contributed by atoms with Gasteiger partial charge in [-0.1, -0.05) is 166 Å². The first-order chi connectivity index (χ1) is 29.1. The number of hydrogen-bond donors (Lipinski definition) is 0. The fraction of sp³-hybridized carbons (Fsp3) is 0.224. The maximum absolute atomic E-state index is 15.3. The summed E-state index contributed by atoms with van der Waals surface area (Å²) in [4.78, 5) is 4.62. The van der Waals surface area contributed by atoms with Crippen LogP contribution in [0.2, 0.25) is 45.3 Å². The Labute approximate surface area is 356 Å². The zero-order valence-corrected chi connectivity index (χ0v) is 37.3. The average molecular weight is 851 g/mol. The van der Waals surface area contributed by atoms with Crippen molar-refractivity contribution in [3.8, 4) is 33.5 Å². The molecule has 0 radical (unpaired) electrons. The Morgan fingerprint density at radius 2 is 1.20 bits per heavy atom. The standard InChI is InChI=1S/C49H49F3N6OSi2/c1-60(2,3)31-30-59-34-57-47(61(4,5)6)45(54-56-57)36-24-22-35(23-25-36)41-28-29-53-44-27-26-37(32-42(41)44)43-33-58(55-46(43)49(50,51)52)48(38-16-10-7-11-17-38,39-18-12-8-13-19-39)40-20-14-9-15-21-40/h7-29,32-33H,30-31,34H2,1-6H3. The molecule has 0 saturated heterocycles. The Hall–Kier alpha value is -5.96. The predicted molar refractivity (Wildman–Crippen MR) is 244 cm³/mol. The fourth-order valence-corrected chi connectivity index (χ4v) is 10.7. The molecule has 7 nitrogen and oxygen atoms in total. The Bertz CT molecular complexity index is 2660. The van der Waals surface area contributed by atoms with Gasteiger partial charge >= 0.3 is 6.18 Å². The molecule has 0 aliphatic rings. The van der Waals surface area contributed by atoms with E-state index in [1.807, 2.05) is 126 Å². The molecule has 3 aromatic heterocycles. The summed E-state index contributed by atoms with van der Waals surface area (Å²) in [5, 5.41) is 15.5. The van der Waals surface area contributed by atoms with Gasteiger partial charge in [-0.2, -0.15) is 18.3 Å². The lowest BCUT2D eigenvalue weighted by Gasteiger charge is -2.36. The number of alkyl halides is 3. The van der Waals surface area contributed by atoms with Crippen LogP contribution in [-0.2, 0) is 23.2 Å². The minimum atomic E-state index is -4.75. The van der Waals surface area contributed by atoms with Gasteiger partial charge in [-0.3, -0.25) is 9.67 Å². The van der Waals surface area contributed by atoms with Crippen LogP contribution in [0.4, 0.5) is 13.2 Å². The molecule has 0 N–H and O–H groups in total. The molecule has 310 valence electrons. The zero-order valence-electron chi connectivity index (χ0n) is 35.3. The summed E-state index contributed by atoms with van der Waals surface area (Å²) in [6.45, 7) is 14.9. The second-order valence-electron chi connectivity index (χ2n) is 17.7. The molecular formula is C49H49F3N6OSi2. The summed E-state index contributed by atoms with van der Waals surface area (Å²) in [5.74, 6) is 0. The van der Waals surface area contributed by atoms with E-state index in [4.69, 9.17) is 4.74 Å². The molecule has 61 heavy (non-hydrogen) atoms. The lowest BCUT2D eigenvalue weighted by atomic mass is 9.77. The maximum Gasteiger partial charge on any atom is 0.435 e. The van der Waals surface area contributed by atoms with Crippen LogP contribution in [0.5, 0.6) is 0 Å². The number of rotatable bonds is 13. The number of fused-ring (bicyclic) bond motifs is 1. The predicted octanol–water partition coefficient (Wildman–Crippen LogP) is 11.7. The number of hydrogen-bond acceptors (Lipinski definition) is 5. The molecule has 0 spiro atoms. The van der Waals surface area contributed by atoms with Crippen molar-refractivity contribution in [2.75, 3.05) is 6.61 Å². The van der Waals surface area contributed by atoms with E-state index in [-0.39, 0.29) is 5.56 Å². The number of ether oxygens (including phenoxy) is 1. The smallest absolute Gasteiger partial charge is 0.359 e. The minimum Gasteiger partial charge on any atom is -0.359 e. The highest BCUT2D eigenvalue weighted by Crippen LogP contribution is 2.45. The van der Waals surface area contributed by atoms with Gasteiger partial charge in [-0.05, 0) is 57.6 Å². The number of aromatic nitrogens is 6. The Kier molecular flexibility index (Phi) is 11.3. The number of benzene rings is 5. The van der Waals surface area contributed by atoms with Gasteiger partial charge in [0.25, 0.3) is 0 Å². The molecule has 8 rings (SSSR count). The van der Waals surface area contributed by atoms with Crippen LogP contribution in [-0.4, -0.2) is 52.5 Å². The largest absolute Gasteiger partial charge is 0.435 e. The lowest BCUT2D eigenvalue weighted by molar-refractivity contribution is -0.141. The van der Waals surface area contributed by atoms with Crippen LogP contribution < -0.4 is 5.32 Å². The molecule has 5 aromatic carbocycles. The van der Waals surface area contributed by atoms with Crippen LogP contribution in [0.1, 0.15) is 22.4 Å². The van der Waals surface area contributed by atoms with E-state index in [9.17, 15) is 0 Å². The highest BCUT2D eigenvalue weighted by molar-refractivity contribution is 6.89. The Balaban J connectivity index is 1.22. The first-order valence-electron chi connectivity index (χ1n) is 20.5. The summed E-state index contributed by atoms with van der Waals surface area (Å²) in [5.41, 5.74) is 4.65. The highest BCUT2D eigenvalue weighted by Gasteiger charge is 2.44. The summed E-state index contributed by atoms with van der Waals surface area (Å²) >= 11 is 0. The topological polar surface area (TPSA) is 70.7 Å². The molecular weight excluding hydrogens is 802 g/mol. The van der Waals surface area contributed by atoms with Crippen LogP contribution >= 0.6 is 0 Å².